The molecule has 106 valence electrons. The third kappa shape index (κ3) is 2.86. The molecule has 1 aromatic heterocycles. The van der Waals surface area contributed by atoms with Gasteiger partial charge < -0.3 is 10.3 Å². The third-order valence-corrected chi connectivity index (χ3v) is 3.69. The standard InChI is InChI=1S/C15H11BrFN3O/c16-12-8-10(17)6-7-11(12)14-19-15(21-20-14)13(18)9-4-2-1-3-5-9/h1-8,13H,18H2/t13-/m1/s1. The molecule has 0 unspecified atom stereocenters. The van der Waals surface area contributed by atoms with E-state index in [4.69, 9.17) is 10.3 Å². The molecular formula is C15H11BrFN3O. The fraction of sp³-hybridized carbons (Fsp3) is 0.0667. The highest BCUT2D eigenvalue weighted by atomic mass is 79.9. The summed E-state index contributed by atoms with van der Waals surface area (Å²) in [6.45, 7) is 0. The van der Waals surface area contributed by atoms with Gasteiger partial charge in [-0.05, 0) is 39.7 Å². The van der Waals surface area contributed by atoms with E-state index in [1.165, 1.54) is 12.1 Å². The molecule has 0 aliphatic heterocycles. The number of hydrogen-bond donors (Lipinski definition) is 1. The summed E-state index contributed by atoms with van der Waals surface area (Å²) in [5, 5.41) is 3.90. The summed E-state index contributed by atoms with van der Waals surface area (Å²) in [6, 6.07) is 13.3. The second-order valence-corrected chi connectivity index (χ2v) is 5.32. The topological polar surface area (TPSA) is 64.9 Å². The highest BCUT2D eigenvalue weighted by Gasteiger charge is 2.18. The predicted molar refractivity (Wildman–Crippen MR) is 79.9 cm³/mol. The summed E-state index contributed by atoms with van der Waals surface area (Å²) < 4.78 is 18.9. The molecule has 0 spiro atoms. The van der Waals surface area contributed by atoms with Crippen LogP contribution in [0.5, 0.6) is 0 Å². The van der Waals surface area contributed by atoms with Gasteiger partial charge in [0.25, 0.3) is 0 Å². The van der Waals surface area contributed by atoms with Crippen LogP contribution in [-0.2, 0) is 0 Å². The molecule has 3 aromatic rings. The summed E-state index contributed by atoms with van der Waals surface area (Å²) >= 11 is 3.28. The van der Waals surface area contributed by atoms with E-state index in [0.29, 0.717) is 21.8 Å². The fourth-order valence-electron chi connectivity index (χ4n) is 1.94. The normalized spacial score (nSPS) is 12.3. The molecule has 0 radical (unpaired) electrons. The lowest BCUT2D eigenvalue weighted by molar-refractivity contribution is 0.367. The van der Waals surface area contributed by atoms with Crippen molar-refractivity contribution in [1.29, 1.82) is 0 Å². The first-order valence-electron chi connectivity index (χ1n) is 6.24. The minimum atomic E-state index is -0.494. The lowest BCUT2D eigenvalue weighted by Gasteiger charge is -2.05. The molecule has 21 heavy (non-hydrogen) atoms. The molecule has 1 atom stereocenters. The van der Waals surface area contributed by atoms with Crippen LogP contribution in [0, 0.1) is 5.82 Å². The maximum atomic E-state index is 13.1. The number of rotatable bonds is 3. The SMILES string of the molecule is N[C@H](c1ccccc1)c1nc(-c2ccc(F)cc2Br)no1. The Morgan fingerprint density at radius 1 is 1.14 bits per heavy atom. The van der Waals surface area contributed by atoms with Gasteiger partial charge in [0.05, 0.1) is 0 Å². The minimum Gasteiger partial charge on any atom is -0.337 e. The number of benzene rings is 2. The van der Waals surface area contributed by atoms with Crippen molar-refractivity contribution in [1.82, 2.24) is 10.1 Å². The Kier molecular flexibility index (Phi) is 3.81. The van der Waals surface area contributed by atoms with E-state index >= 15 is 0 Å². The first kappa shape index (κ1) is 13.9. The second kappa shape index (κ2) is 5.75. The van der Waals surface area contributed by atoms with Crippen LogP contribution in [0.4, 0.5) is 4.39 Å². The fourth-order valence-corrected chi connectivity index (χ4v) is 2.47. The van der Waals surface area contributed by atoms with Gasteiger partial charge >= 0.3 is 0 Å². The van der Waals surface area contributed by atoms with E-state index in [1.807, 2.05) is 30.3 Å². The molecule has 3 rings (SSSR count). The van der Waals surface area contributed by atoms with E-state index < -0.39 is 6.04 Å². The quantitative estimate of drug-likeness (QED) is 0.784. The molecule has 0 aliphatic rings. The molecule has 2 N–H and O–H groups in total. The average Bonchev–Trinajstić information content (AvgIpc) is 2.97. The Hall–Kier alpha value is -2.05. The number of nitrogens with two attached hydrogens (primary N) is 1. The van der Waals surface area contributed by atoms with Crippen LogP contribution >= 0.6 is 15.9 Å². The van der Waals surface area contributed by atoms with Crippen LogP contribution in [0.1, 0.15) is 17.5 Å². The number of nitrogens with zero attached hydrogens (tertiary/aromatic N) is 2. The molecule has 0 bridgehead atoms. The van der Waals surface area contributed by atoms with Crippen LogP contribution in [0.25, 0.3) is 11.4 Å². The molecule has 0 saturated heterocycles. The van der Waals surface area contributed by atoms with Gasteiger partial charge in [0, 0.05) is 10.0 Å². The van der Waals surface area contributed by atoms with Crippen molar-refractivity contribution in [3.63, 3.8) is 0 Å². The first-order valence-corrected chi connectivity index (χ1v) is 7.04. The highest BCUT2D eigenvalue weighted by Crippen LogP contribution is 2.28. The Labute approximate surface area is 128 Å². The van der Waals surface area contributed by atoms with Gasteiger partial charge in [-0.25, -0.2) is 4.39 Å². The van der Waals surface area contributed by atoms with Gasteiger partial charge in [-0.1, -0.05) is 35.5 Å². The molecule has 2 aromatic carbocycles. The average molecular weight is 348 g/mol. The summed E-state index contributed by atoms with van der Waals surface area (Å²) in [4.78, 5) is 4.29. The van der Waals surface area contributed by atoms with Crippen molar-refractivity contribution in [2.24, 2.45) is 5.73 Å². The lowest BCUT2D eigenvalue weighted by Crippen LogP contribution is -2.11. The molecular weight excluding hydrogens is 337 g/mol. The van der Waals surface area contributed by atoms with Crippen molar-refractivity contribution in [3.05, 3.63) is 70.3 Å². The van der Waals surface area contributed by atoms with Crippen LogP contribution in [-0.4, -0.2) is 10.1 Å². The monoisotopic (exact) mass is 347 g/mol. The summed E-state index contributed by atoms with van der Waals surface area (Å²) in [6.07, 6.45) is 0. The van der Waals surface area contributed by atoms with Crippen LogP contribution in [0.2, 0.25) is 0 Å². The Bertz CT molecular complexity index is 761. The number of hydrogen-bond acceptors (Lipinski definition) is 4. The first-order chi connectivity index (χ1) is 10.1. The van der Waals surface area contributed by atoms with Crippen LogP contribution in [0.15, 0.2) is 57.5 Å². The van der Waals surface area contributed by atoms with Gasteiger partial charge in [0.15, 0.2) is 0 Å². The zero-order valence-corrected chi connectivity index (χ0v) is 12.4. The molecule has 0 amide bonds. The van der Waals surface area contributed by atoms with Crippen molar-refractivity contribution in [2.75, 3.05) is 0 Å². The molecule has 0 saturated carbocycles. The van der Waals surface area contributed by atoms with Gasteiger partial charge in [-0.15, -0.1) is 0 Å². The van der Waals surface area contributed by atoms with E-state index in [9.17, 15) is 4.39 Å². The maximum absolute atomic E-state index is 13.1. The van der Waals surface area contributed by atoms with Gasteiger partial charge in [-0.2, -0.15) is 4.98 Å². The zero-order valence-electron chi connectivity index (χ0n) is 10.8. The van der Waals surface area contributed by atoms with E-state index in [1.54, 1.807) is 6.07 Å². The van der Waals surface area contributed by atoms with Crippen molar-refractivity contribution >= 4 is 15.9 Å². The second-order valence-electron chi connectivity index (χ2n) is 4.47. The minimum absolute atomic E-state index is 0.312. The van der Waals surface area contributed by atoms with Gasteiger partial charge in [-0.3, -0.25) is 0 Å². The van der Waals surface area contributed by atoms with Crippen LogP contribution in [0.3, 0.4) is 0 Å². The van der Waals surface area contributed by atoms with E-state index in [2.05, 4.69) is 26.1 Å². The summed E-state index contributed by atoms with van der Waals surface area (Å²) in [5.74, 6) is 0.339. The maximum Gasteiger partial charge on any atom is 0.248 e. The molecule has 0 fully saturated rings. The number of halogens is 2. The Balaban J connectivity index is 1.93. The van der Waals surface area contributed by atoms with E-state index in [0.717, 1.165) is 5.56 Å². The number of aromatic nitrogens is 2. The van der Waals surface area contributed by atoms with Crippen molar-refractivity contribution in [3.8, 4) is 11.4 Å². The lowest BCUT2D eigenvalue weighted by atomic mass is 10.1. The molecule has 0 aliphatic carbocycles. The summed E-state index contributed by atoms with van der Waals surface area (Å²) in [7, 11) is 0. The largest absolute Gasteiger partial charge is 0.337 e. The summed E-state index contributed by atoms with van der Waals surface area (Å²) in [5.41, 5.74) is 7.63. The highest BCUT2D eigenvalue weighted by molar-refractivity contribution is 9.10. The molecule has 1 heterocycles. The zero-order chi connectivity index (χ0) is 14.8. The smallest absolute Gasteiger partial charge is 0.248 e. The predicted octanol–water partition coefficient (Wildman–Crippen LogP) is 3.69. The van der Waals surface area contributed by atoms with Crippen LogP contribution < -0.4 is 5.73 Å². The Morgan fingerprint density at radius 2 is 1.90 bits per heavy atom. The van der Waals surface area contributed by atoms with Crippen molar-refractivity contribution in [2.45, 2.75) is 6.04 Å². The van der Waals surface area contributed by atoms with Crippen molar-refractivity contribution < 1.29 is 8.91 Å². The molecule has 4 nitrogen and oxygen atoms in total. The Morgan fingerprint density at radius 3 is 2.62 bits per heavy atom. The van der Waals surface area contributed by atoms with E-state index in [-0.39, 0.29) is 5.82 Å². The third-order valence-electron chi connectivity index (χ3n) is 3.04. The van der Waals surface area contributed by atoms with Gasteiger partial charge in [0.2, 0.25) is 11.7 Å². The van der Waals surface area contributed by atoms with Gasteiger partial charge in [0.1, 0.15) is 11.9 Å². The molecule has 6 heteroatoms.